The number of amides is 2. The van der Waals surface area contributed by atoms with Crippen molar-refractivity contribution in [2.45, 2.75) is 52.3 Å². The lowest BCUT2D eigenvalue weighted by Gasteiger charge is -2.22. The Hall–Kier alpha value is -4.32. The fourth-order valence-electron chi connectivity index (χ4n) is 5.04. The molecular formula is C33H35F3N6O2S. The van der Waals surface area contributed by atoms with Crippen molar-refractivity contribution in [3.05, 3.63) is 89.7 Å². The Bertz CT molecular complexity index is 1620. The van der Waals surface area contributed by atoms with Crippen molar-refractivity contribution in [1.29, 1.82) is 0 Å². The van der Waals surface area contributed by atoms with Gasteiger partial charge in [0.15, 0.2) is 11.0 Å². The number of halogens is 3. The molecule has 0 atom stereocenters. The molecular weight excluding hydrogens is 601 g/mol. The van der Waals surface area contributed by atoms with Gasteiger partial charge in [-0.05, 0) is 79.6 Å². The minimum atomic E-state index is -4.74. The Morgan fingerprint density at radius 2 is 1.82 bits per heavy atom. The van der Waals surface area contributed by atoms with Crippen LogP contribution < -0.4 is 15.0 Å². The molecule has 2 heterocycles. The Morgan fingerprint density at radius 1 is 1.04 bits per heavy atom. The molecule has 2 amide bonds. The maximum atomic E-state index is 12.6. The predicted octanol–water partition coefficient (Wildman–Crippen LogP) is 7.74. The second-order valence-corrected chi connectivity index (χ2v) is 11.8. The van der Waals surface area contributed by atoms with E-state index in [0.29, 0.717) is 18.1 Å². The number of thioether (sulfide) groups is 1. The van der Waals surface area contributed by atoms with Gasteiger partial charge in [0.05, 0.1) is 5.69 Å². The van der Waals surface area contributed by atoms with E-state index in [4.69, 9.17) is 0 Å². The normalized spacial score (nSPS) is 14.2. The summed E-state index contributed by atoms with van der Waals surface area (Å²) < 4.78 is 42.6. The van der Waals surface area contributed by atoms with Crippen molar-refractivity contribution in [3.8, 4) is 22.8 Å². The molecule has 12 heteroatoms. The first-order valence-corrected chi connectivity index (χ1v) is 15.9. The number of hydrogen-bond donors (Lipinski definition) is 1. The number of aryl methyl sites for hydroxylation is 3. The SMILES string of the molecule is CCCc1ccc(C)cc1N1CCSC1=NC(=O)NCCCCc1ccc(-c2ncn(-c3ccc(OC(F)(F)F)cc3)n2)cc1. The number of carbonyl (C=O) groups is 1. The van der Waals surface area contributed by atoms with E-state index in [1.54, 1.807) is 11.8 Å². The van der Waals surface area contributed by atoms with Crippen LogP contribution in [0.4, 0.5) is 23.7 Å². The first-order valence-electron chi connectivity index (χ1n) is 14.9. The molecule has 1 aliphatic rings. The average Bonchev–Trinajstić information content (AvgIpc) is 3.68. The molecule has 1 N–H and O–H groups in total. The van der Waals surface area contributed by atoms with Crippen LogP contribution in [0.5, 0.6) is 5.75 Å². The van der Waals surface area contributed by atoms with E-state index in [2.05, 4.69) is 62.1 Å². The highest BCUT2D eigenvalue weighted by Gasteiger charge is 2.31. The minimum Gasteiger partial charge on any atom is -0.406 e. The molecule has 8 nitrogen and oxygen atoms in total. The first-order chi connectivity index (χ1) is 21.7. The van der Waals surface area contributed by atoms with Crippen LogP contribution in [0, 0.1) is 6.92 Å². The standard InChI is InChI=1S/C33H35F3N6O2S/c1-3-6-25-11-8-23(2)21-29(25)41-19-20-45-32(41)39-31(43)37-18-5-4-7-24-9-12-26(13-10-24)30-38-22-42(40-30)27-14-16-28(17-15-27)44-33(34,35)36/h8-17,21-22H,3-7,18-20H2,1-2H3,(H,37,43). The van der Waals surface area contributed by atoms with Gasteiger partial charge in [0, 0.05) is 30.1 Å². The van der Waals surface area contributed by atoms with Crippen molar-refractivity contribution in [3.63, 3.8) is 0 Å². The van der Waals surface area contributed by atoms with Crippen LogP contribution >= 0.6 is 11.8 Å². The molecule has 1 aliphatic heterocycles. The molecule has 0 spiro atoms. The summed E-state index contributed by atoms with van der Waals surface area (Å²) in [7, 11) is 0. The van der Waals surface area contributed by atoms with Crippen LogP contribution in [-0.4, -0.2) is 51.2 Å². The monoisotopic (exact) mass is 636 g/mol. The van der Waals surface area contributed by atoms with Gasteiger partial charge in [0.1, 0.15) is 12.1 Å². The van der Waals surface area contributed by atoms with Crippen LogP contribution in [0.2, 0.25) is 0 Å². The molecule has 236 valence electrons. The van der Waals surface area contributed by atoms with E-state index >= 15 is 0 Å². The molecule has 0 radical (unpaired) electrons. The van der Waals surface area contributed by atoms with Crippen LogP contribution in [0.1, 0.15) is 42.9 Å². The second kappa shape index (κ2) is 14.6. The van der Waals surface area contributed by atoms with Gasteiger partial charge in [-0.2, -0.15) is 4.99 Å². The van der Waals surface area contributed by atoms with Crippen LogP contribution in [-0.2, 0) is 12.8 Å². The number of amidine groups is 1. The van der Waals surface area contributed by atoms with E-state index in [-0.39, 0.29) is 11.8 Å². The van der Waals surface area contributed by atoms with Crippen LogP contribution in [0.25, 0.3) is 17.1 Å². The molecule has 45 heavy (non-hydrogen) atoms. The molecule has 0 unspecified atom stereocenters. The highest BCUT2D eigenvalue weighted by atomic mass is 32.2. The number of nitrogens with one attached hydrogen (secondary N) is 1. The van der Waals surface area contributed by atoms with Crippen LogP contribution in [0.3, 0.4) is 0 Å². The van der Waals surface area contributed by atoms with Crippen molar-refractivity contribution >= 4 is 28.6 Å². The van der Waals surface area contributed by atoms with Gasteiger partial charge in [-0.25, -0.2) is 14.5 Å². The summed E-state index contributed by atoms with van der Waals surface area (Å²) in [5.74, 6) is 1.11. The molecule has 0 aliphatic carbocycles. The van der Waals surface area contributed by atoms with Gasteiger partial charge in [-0.15, -0.1) is 18.3 Å². The molecule has 5 rings (SSSR count). The number of rotatable bonds is 11. The number of nitrogens with zero attached hydrogens (tertiary/aromatic N) is 5. The average molecular weight is 637 g/mol. The number of hydrogen-bond acceptors (Lipinski definition) is 5. The lowest BCUT2D eigenvalue weighted by molar-refractivity contribution is -0.274. The van der Waals surface area contributed by atoms with E-state index in [1.165, 1.54) is 46.4 Å². The third-order valence-corrected chi connectivity index (χ3v) is 8.19. The zero-order valence-electron chi connectivity index (χ0n) is 25.2. The molecule has 3 aromatic carbocycles. The van der Waals surface area contributed by atoms with E-state index in [1.807, 2.05) is 24.3 Å². The molecule has 0 bridgehead atoms. The number of urea groups is 1. The number of aromatic nitrogens is 3. The summed E-state index contributed by atoms with van der Waals surface area (Å²) >= 11 is 1.62. The summed E-state index contributed by atoms with van der Waals surface area (Å²) in [6, 6.07) is 19.5. The third-order valence-electron chi connectivity index (χ3n) is 7.23. The van der Waals surface area contributed by atoms with Crippen molar-refractivity contribution in [1.82, 2.24) is 20.1 Å². The van der Waals surface area contributed by atoms with Gasteiger partial charge >= 0.3 is 12.4 Å². The van der Waals surface area contributed by atoms with Crippen molar-refractivity contribution in [2.75, 3.05) is 23.7 Å². The van der Waals surface area contributed by atoms with Crippen LogP contribution in [0.15, 0.2) is 78.0 Å². The molecule has 1 fully saturated rings. The third kappa shape index (κ3) is 8.87. The first kappa shape index (κ1) is 32.1. The predicted molar refractivity (Wildman–Crippen MR) is 172 cm³/mol. The summed E-state index contributed by atoms with van der Waals surface area (Å²) in [5.41, 5.74) is 6.17. The van der Waals surface area contributed by atoms with Gasteiger partial charge in [-0.3, -0.25) is 0 Å². The molecule has 1 saturated heterocycles. The summed E-state index contributed by atoms with van der Waals surface area (Å²) in [5, 5.41) is 8.14. The largest absolute Gasteiger partial charge is 0.573 e. The van der Waals surface area contributed by atoms with Gasteiger partial charge in [0.25, 0.3) is 0 Å². The Morgan fingerprint density at radius 3 is 2.56 bits per heavy atom. The topological polar surface area (TPSA) is 84.6 Å². The zero-order valence-corrected chi connectivity index (χ0v) is 26.0. The number of alkyl halides is 3. The number of ether oxygens (including phenoxy) is 1. The quantitative estimate of drug-likeness (QED) is 0.170. The van der Waals surface area contributed by atoms with E-state index < -0.39 is 6.36 Å². The van der Waals surface area contributed by atoms with E-state index in [9.17, 15) is 18.0 Å². The zero-order chi connectivity index (χ0) is 31.8. The van der Waals surface area contributed by atoms with E-state index in [0.717, 1.165) is 66.4 Å². The molecule has 1 aromatic heterocycles. The second-order valence-electron chi connectivity index (χ2n) is 10.7. The number of aliphatic imine (C=N–C) groups is 1. The fourth-order valence-corrected chi connectivity index (χ4v) is 5.99. The Labute approximate surface area is 264 Å². The Kier molecular flexibility index (Phi) is 10.4. The van der Waals surface area contributed by atoms with Crippen molar-refractivity contribution < 1.29 is 22.7 Å². The smallest absolute Gasteiger partial charge is 0.406 e. The number of benzene rings is 3. The van der Waals surface area contributed by atoms with Gasteiger partial charge in [0.2, 0.25) is 0 Å². The van der Waals surface area contributed by atoms with Gasteiger partial charge in [-0.1, -0.05) is 61.5 Å². The minimum absolute atomic E-state index is 0.298. The van der Waals surface area contributed by atoms with Gasteiger partial charge < -0.3 is 15.0 Å². The lowest BCUT2D eigenvalue weighted by atomic mass is 10.0. The fraction of sp³-hybridized carbons (Fsp3) is 0.333. The Balaban J connectivity index is 1.07. The maximum Gasteiger partial charge on any atom is 0.573 e. The molecule has 4 aromatic rings. The highest BCUT2D eigenvalue weighted by Crippen LogP contribution is 2.30. The highest BCUT2D eigenvalue weighted by molar-refractivity contribution is 8.14. The summed E-state index contributed by atoms with van der Waals surface area (Å²) in [6.07, 6.45) is 1.41. The number of carbonyl (C=O) groups excluding carboxylic acids is 1. The summed E-state index contributed by atoms with van der Waals surface area (Å²) in [4.78, 5) is 23.5. The summed E-state index contributed by atoms with van der Waals surface area (Å²) in [6.45, 7) is 5.64. The molecule has 0 saturated carbocycles. The number of unbranched alkanes of at least 4 members (excludes halogenated alkanes) is 1. The maximum absolute atomic E-state index is 12.6. The lowest BCUT2D eigenvalue weighted by Crippen LogP contribution is -2.28. The van der Waals surface area contributed by atoms with Crippen molar-refractivity contribution in [2.24, 2.45) is 4.99 Å². The number of anilines is 1.